The molecule has 0 aliphatic rings. The van der Waals surface area contributed by atoms with Crippen LogP contribution in [-0.2, 0) is 14.2 Å². The number of rotatable bonds is 6. The molecule has 0 aliphatic heterocycles. The summed E-state index contributed by atoms with van der Waals surface area (Å²) in [6, 6.07) is 6.48. The molecule has 5 nitrogen and oxygen atoms in total. The van der Waals surface area contributed by atoms with Crippen molar-refractivity contribution in [3.63, 3.8) is 0 Å². The third kappa shape index (κ3) is 4.82. The molecule has 0 fully saturated rings. The molecule has 1 rings (SSSR count). The van der Waals surface area contributed by atoms with Crippen LogP contribution in [0.4, 0.5) is 0 Å². The van der Waals surface area contributed by atoms with Gasteiger partial charge in [0.1, 0.15) is 5.75 Å². The lowest BCUT2D eigenvalue weighted by Crippen LogP contribution is -2.07. The van der Waals surface area contributed by atoms with E-state index >= 15 is 0 Å². The van der Waals surface area contributed by atoms with E-state index in [2.05, 4.69) is 9.37 Å². The minimum atomic E-state index is -0.384. The Kier molecular flexibility index (Phi) is 6.20. The first-order valence-electron chi connectivity index (χ1n) is 4.27. The summed E-state index contributed by atoms with van der Waals surface area (Å²) < 4.78 is 9.19. The molecule has 0 bridgehead atoms. The van der Waals surface area contributed by atoms with Gasteiger partial charge >= 0.3 is 5.97 Å². The molecular weight excluding hydrogens is 256 g/mol. The predicted octanol–water partition coefficient (Wildman–Crippen LogP) is 2.65. The molecule has 1 aromatic carbocycles. The van der Waals surface area contributed by atoms with Crippen molar-refractivity contribution in [2.45, 2.75) is 11.3 Å². The van der Waals surface area contributed by atoms with Crippen molar-refractivity contribution in [3.05, 3.63) is 24.3 Å². The minimum Gasteiger partial charge on any atom is -0.426 e. The SMILES string of the molecule is O=C(CCCl)Oc1ccc(SOOO)cc1. The van der Waals surface area contributed by atoms with Gasteiger partial charge in [0.2, 0.25) is 0 Å². The molecule has 88 valence electrons. The number of esters is 1. The lowest BCUT2D eigenvalue weighted by Gasteiger charge is -2.03. The van der Waals surface area contributed by atoms with Gasteiger partial charge in [0.25, 0.3) is 0 Å². The highest BCUT2D eigenvalue weighted by molar-refractivity contribution is 7.94. The van der Waals surface area contributed by atoms with Crippen LogP contribution >= 0.6 is 23.6 Å². The molecule has 0 heterocycles. The van der Waals surface area contributed by atoms with E-state index in [4.69, 9.17) is 21.6 Å². The van der Waals surface area contributed by atoms with Crippen LogP contribution < -0.4 is 4.74 Å². The van der Waals surface area contributed by atoms with Crippen LogP contribution in [0.25, 0.3) is 0 Å². The smallest absolute Gasteiger partial charge is 0.312 e. The normalized spacial score (nSPS) is 10.1. The van der Waals surface area contributed by atoms with Gasteiger partial charge in [0, 0.05) is 10.8 Å². The van der Waals surface area contributed by atoms with Crippen LogP contribution in [0.2, 0.25) is 0 Å². The maximum atomic E-state index is 11.1. The van der Waals surface area contributed by atoms with Crippen molar-refractivity contribution < 1.29 is 24.2 Å². The topological polar surface area (TPSA) is 65.0 Å². The van der Waals surface area contributed by atoms with Crippen molar-refractivity contribution >= 4 is 29.6 Å². The number of ether oxygens (including phenoxy) is 1. The second-order valence-corrected chi connectivity index (χ2v) is 3.76. The molecule has 0 saturated carbocycles. The Bertz CT molecular complexity index is 329. The van der Waals surface area contributed by atoms with Crippen LogP contribution in [0.1, 0.15) is 6.42 Å². The fourth-order valence-electron chi connectivity index (χ4n) is 0.877. The maximum Gasteiger partial charge on any atom is 0.312 e. The summed E-state index contributed by atoms with van der Waals surface area (Å²) in [7, 11) is 0. The van der Waals surface area contributed by atoms with E-state index in [9.17, 15) is 4.79 Å². The zero-order chi connectivity index (χ0) is 11.8. The van der Waals surface area contributed by atoms with E-state index in [1.165, 1.54) is 0 Å². The molecule has 7 heteroatoms. The molecule has 0 saturated heterocycles. The molecule has 1 N–H and O–H groups in total. The van der Waals surface area contributed by atoms with E-state index in [0.29, 0.717) is 10.6 Å². The Morgan fingerprint density at radius 1 is 1.38 bits per heavy atom. The highest BCUT2D eigenvalue weighted by Crippen LogP contribution is 2.22. The van der Waals surface area contributed by atoms with Crippen molar-refractivity contribution in [1.82, 2.24) is 0 Å². The largest absolute Gasteiger partial charge is 0.426 e. The molecule has 0 atom stereocenters. The fraction of sp³-hybridized carbons (Fsp3) is 0.222. The predicted molar refractivity (Wildman–Crippen MR) is 58.1 cm³/mol. The second kappa shape index (κ2) is 7.48. The molecule has 0 amide bonds. The molecule has 0 unspecified atom stereocenters. The maximum absolute atomic E-state index is 11.1. The van der Waals surface area contributed by atoms with Crippen LogP contribution in [0.5, 0.6) is 5.75 Å². The molecule has 16 heavy (non-hydrogen) atoms. The first-order chi connectivity index (χ1) is 7.76. The van der Waals surface area contributed by atoms with Crippen LogP contribution in [0.15, 0.2) is 29.2 Å². The van der Waals surface area contributed by atoms with E-state index in [1.54, 1.807) is 24.3 Å². The van der Waals surface area contributed by atoms with Gasteiger partial charge in [-0.3, -0.25) is 4.79 Å². The molecular formula is C9H9ClO5S. The molecule has 0 aromatic heterocycles. The van der Waals surface area contributed by atoms with E-state index in [1.807, 2.05) is 0 Å². The highest BCUT2D eigenvalue weighted by atomic mass is 35.5. The molecule has 1 aromatic rings. The van der Waals surface area contributed by atoms with Gasteiger partial charge in [0.05, 0.1) is 18.5 Å². The number of halogens is 1. The van der Waals surface area contributed by atoms with E-state index in [-0.39, 0.29) is 18.3 Å². The van der Waals surface area contributed by atoms with Gasteiger partial charge in [0.15, 0.2) is 0 Å². The molecule has 0 aliphatic carbocycles. The molecule has 0 spiro atoms. The van der Waals surface area contributed by atoms with Crippen molar-refractivity contribution in [1.29, 1.82) is 0 Å². The Labute approximate surface area is 101 Å². The van der Waals surface area contributed by atoms with Crippen LogP contribution in [0.3, 0.4) is 0 Å². The fourth-order valence-corrected chi connectivity index (χ4v) is 1.39. The summed E-state index contributed by atoms with van der Waals surface area (Å²) in [6.45, 7) is 0. The molecule has 0 radical (unpaired) electrons. The Morgan fingerprint density at radius 2 is 2.06 bits per heavy atom. The van der Waals surface area contributed by atoms with Gasteiger partial charge in [-0.05, 0) is 24.3 Å². The summed E-state index contributed by atoms with van der Waals surface area (Å²) in [6.07, 6.45) is 0.166. The number of alkyl halides is 1. The van der Waals surface area contributed by atoms with Gasteiger partial charge < -0.3 is 4.74 Å². The number of carbonyl (C=O) groups is 1. The third-order valence-electron chi connectivity index (χ3n) is 1.51. The first kappa shape index (κ1) is 13.3. The Morgan fingerprint density at radius 3 is 2.62 bits per heavy atom. The highest BCUT2D eigenvalue weighted by Gasteiger charge is 2.04. The quantitative estimate of drug-likeness (QED) is 0.213. The minimum absolute atomic E-state index is 0.166. The Balaban J connectivity index is 2.47. The average Bonchev–Trinajstić information content (AvgIpc) is 2.28. The second-order valence-electron chi connectivity index (χ2n) is 2.61. The van der Waals surface area contributed by atoms with Gasteiger partial charge in [-0.15, -0.1) is 15.9 Å². The van der Waals surface area contributed by atoms with Crippen LogP contribution in [0, 0.1) is 0 Å². The number of hydrogen-bond donors (Lipinski definition) is 1. The monoisotopic (exact) mass is 264 g/mol. The van der Waals surface area contributed by atoms with Crippen molar-refractivity contribution in [2.75, 3.05) is 5.88 Å². The standard InChI is InChI=1S/C9H9ClO5S/c10-6-5-9(11)13-7-1-3-8(4-2-7)16-15-14-12/h1-4,12H,5-6H2. The third-order valence-corrected chi connectivity index (χ3v) is 2.30. The lowest BCUT2D eigenvalue weighted by atomic mass is 10.3. The first-order valence-corrected chi connectivity index (χ1v) is 5.55. The van der Waals surface area contributed by atoms with Crippen LogP contribution in [-0.4, -0.2) is 17.1 Å². The zero-order valence-corrected chi connectivity index (χ0v) is 9.66. The van der Waals surface area contributed by atoms with Gasteiger partial charge in [-0.25, -0.2) is 5.26 Å². The van der Waals surface area contributed by atoms with E-state index < -0.39 is 0 Å². The van der Waals surface area contributed by atoms with Gasteiger partial charge in [-0.1, -0.05) is 5.04 Å². The number of hydrogen-bond acceptors (Lipinski definition) is 6. The summed E-state index contributed by atoms with van der Waals surface area (Å²) >= 11 is 6.21. The summed E-state index contributed by atoms with van der Waals surface area (Å²) in [5.74, 6) is 0.267. The summed E-state index contributed by atoms with van der Waals surface area (Å²) in [4.78, 5) is 11.8. The lowest BCUT2D eigenvalue weighted by molar-refractivity contribution is -0.432. The average molecular weight is 265 g/mol. The van der Waals surface area contributed by atoms with Gasteiger partial charge in [-0.2, -0.15) is 0 Å². The zero-order valence-electron chi connectivity index (χ0n) is 8.09. The number of benzene rings is 1. The van der Waals surface area contributed by atoms with Crippen molar-refractivity contribution in [2.24, 2.45) is 0 Å². The number of carbonyl (C=O) groups excluding carboxylic acids is 1. The Hall–Kier alpha value is -0.790. The summed E-state index contributed by atoms with van der Waals surface area (Å²) in [5, 5.41) is 11.4. The van der Waals surface area contributed by atoms with Crippen molar-refractivity contribution in [3.8, 4) is 5.75 Å². The summed E-state index contributed by atoms with van der Waals surface area (Å²) in [5.41, 5.74) is 0. The van der Waals surface area contributed by atoms with E-state index in [0.717, 1.165) is 12.0 Å².